The monoisotopic (exact) mass is 590 g/mol. The van der Waals surface area contributed by atoms with Crippen molar-refractivity contribution in [3.05, 3.63) is 52.5 Å². The van der Waals surface area contributed by atoms with Crippen molar-refractivity contribution >= 4 is 23.5 Å². The van der Waals surface area contributed by atoms with Gasteiger partial charge in [-0.25, -0.2) is 15.9 Å². The molecule has 0 unspecified atom stereocenters. The van der Waals surface area contributed by atoms with Gasteiger partial charge in [-0.2, -0.15) is 18.3 Å². The number of rotatable bonds is 7. The minimum absolute atomic E-state index is 0.0835. The van der Waals surface area contributed by atoms with Gasteiger partial charge in [0.05, 0.1) is 5.56 Å². The Morgan fingerprint density at radius 1 is 1.10 bits per heavy atom. The summed E-state index contributed by atoms with van der Waals surface area (Å²) in [6.07, 6.45) is 0.999. The third-order valence-corrected chi connectivity index (χ3v) is 8.41. The van der Waals surface area contributed by atoms with Gasteiger partial charge in [-0.1, -0.05) is 0 Å². The quantitative estimate of drug-likeness (QED) is 0.377. The number of alkyl halides is 3. The van der Waals surface area contributed by atoms with Crippen molar-refractivity contribution in [1.29, 1.82) is 0 Å². The lowest BCUT2D eigenvalue weighted by atomic mass is 9.86. The number of hydrogen-bond donors (Lipinski definition) is 2. The number of nitrogens with one attached hydrogen (secondary N) is 1. The van der Waals surface area contributed by atoms with Crippen molar-refractivity contribution in [3.8, 4) is 0 Å². The number of anilines is 1. The molecule has 15 heteroatoms. The SMILES string of the molecule is [C-]#[N+]CC1(n2cc(C(N)=O)c(NC(=O)C3CC3)n2)CCN(C2CCN(C(=O)c3ccnc(C(F)(F)F)c3F)CC2)CC1. The minimum Gasteiger partial charge on any atom is -0.365 e. The van der Waals surface area contributed by atoms with E-state index in [1.54, 1.807) is 4.68 Å². The molecule has 3 N–H and O–H groups in total. The Morgan fingerprint density at radius 2 is 1.76 bits per heavy atom. The van der Waals surface area contributed by atoms with Crippen LogP contribution < -0.4 is 11.1 Å². The van der Waals surface area contributed by atoms with Crippen LogP contribution in [0.3, 0.4) is 0 Å². The predicted molar refractivity (Wildman–Crippen MR) is 140 cm³/mol. The zero-order chi connectivity index (χ0) is 30.2. The van der Waals surface area contributed by atoms with Gasteiger partial charge >= 0.3 is 6.18 Å². The summed E-state index contributed by atoms with van der Waals surface area (Å²) in [7, 11) is 0. The zero-order valence-electron chi connectivity index (χ0n) is 22.7. The van der Waals surface area contributed by atoms with E-state index in [1.165, 1.54) is 11.1 Å². The van der Waals surface area contributed by atoms with Crippen LogP contribution in [0.2, 0.25) is 0 Å². The fourth-order valence-corrected chi connectivity index (χ4v) is 5.78. The van der Waals surface area contributed by atoms with Crippen LogP contribution in [0.1, 0.15) is 64.9 Å². The largest absolute Gasteiger partial charge is 0.436 e. The highest BCUT2D eigenvalue weighted by atomic mass is 19.4. The molecule has 1 aliphatic carbocycles. The second kappa shape index (κ2) is 11.3. The average molecular weight is 591 g/mol. The molecule has 2 saturated heterocycles. The molecule has 5 rings (SSSR count). The summed E-state index contributed by atoms with van der Waals surface area (Å²) in [5.74, 6) is -3.42. The molecule has 0 bridgehead atoms. The number of piperidine rings is 2. The summed E-state index contributed by atoms with van der Waals surface area (Å²) >= 11 is 0. The molecule has 3 fully saturated rings. The molecule has 11 nitrogen and oxygen atoms in total. The number of carbonyl (C=O) groups excluding carboxylic acids is 3. The molecule has 42 heavy (non-hydrogen) atoms. The molecule has 0 aromatic carbocycles. The average Bonchev–Trinajstić information content (AvgIpc) is 3.72. The fraction of sp³-hybridized carbons (Fsp3) is 0.556. The molecule has 1 saturated carbocycles. The number of hydrogen-bond acceptors (Lipinski definition) is 6. The van der Waals surface area contributed by atoms with Gasteiger partial charge in [0, 0.05) is 50.5 Å². The van der Waals surface area contributed by atoms with Crippen molar-refractivity contribution in [1.82, 2.24) is 24.6 Å². The Morgan fingerprint density at radius 3 is 2.33 bits per heavy atom. The first-order chi connectivity index (χ1) is 19.9. The van der Waals surface area contributed by atoms with Gasteiger partial charge in [-0.05, 0) is 44.6 Å². The summed E-state index contributed by atoms with van der Waals surface area (Å²) in [6, 6.07) is 1.04. The van der Waals surface area contributed by atoms with E-state index in [1.807, 2.05) is 0 Å². The summed E-state index contributed by atoms with van der Waals surface area (Å²) < 4.78 is 55.2. The first-order valence-corrected chi connectivity index (χ1v) is 13.7. The van der Waals surface area contributed by atoms with Gasteiger partial charge in [0.2, 0.25) is 12.5 Å². The van der Waals surface area contributed by atoms with Crippen molar-refractivity contribution in [2.75, 3.05) is 38.0 Å². The van der Waals surface area contributed by atoms with Crippen LogP contribution in [0.5, 0.6) is 0 Å². The Kier molecular flexibility index (Phi) is 7.93. The zero-order valence-corrected chi connectivity index (χ0v) is 22.7. The number of carbonyl (C=O) groups is 3. The van der Waals surface area contributed by atoms with Crippen LogP contribution in [-0.4, -0.2) is 81.1 Å². The first-order valence-electron chi connectivity index (χ1n) is 13.7. The molecule has 4 heterocycles. The number of nitrogens with two attached hydrogens (primary N) is 1. The Labute approximate surface area is 238 Å². The van der Waals surface area contributed by atoms with Crippen molar-refractivity contribution in [2.24, 2.45) is 11.7 Å². The molecule has 0 atom stereocenters. The van der Waals surface area contributed by atoms with Crippen LogP contribution in [0.25, 0.3) is 4.85 Å². The number of amides is 3. The third kappa shape index (κ3) is 5.80. The van der Waals surface area contributed by atoms with E-state index in [0.717, 1.165) is 25.1 Å². The second-order valence-corrected chi connectivity index (χ2v) is 11.1. The van der Waals surface area contributed by atoms with Crippen LogP contribution >= 0.6 is 0 Å². The minimum atomic E-state index is -5.01. The van der Waals surface area contributed by atoms with Crippen LogP contribution in [-0.2, 0) is 16.5 Å². The van der Waals surface area contributed by atoms with Crippen molar-refractivity contribution in [3.63, 3.8) is 0 Å². The number of halogens is 4. The van der Waals surface area contributed by atoms with Crippen LogP contribution in [0.4, 0.5) is 23.4 Å². The van der Waals surface area contributed by atoms with E-state index in [4.69, 9.17) is 12.3 Å². The summed E-state index contributed by atoms with van der Waals surface area (Å²) in [5, 5.41) is 7.19. The highest BCUT2D eigenvalue weighted by molar-refractivity contribution is 6.02. The normalized spacial score (nSPS) is 19.7. The molecular weight excluding hydrogens is 560 g/mol. The standard InChI is InChI=1S/C27H30F4N8O3/c1-33-15-26(39-14-19(22(32)40)23(36-39)35-24(41)16-2-3-16)7-12-37(13-8-26)17-5-10-38(11-6-17)25(42)18-4-9-34-21(20(18)28)27(29,30)31/h4,9,14,16-17H,2-3,5-8,10-13,15H2,(H2,32,40)(H,35,36,41). The predicted octanol–water partition coefficient (Wildman–Crippen LogP) is 2.90. The van der Waals surface area contributed by atoms with Gasteiger partial charge in [-0.15, -0.1) is 0 Å². The first kappa shape index (κ1) is 29.4. The summed E-state index contributed by atoms with van der Waals surface area (Å²) in [6.45, 7) is 9.36. The second-order valence-electron chi connectivity index (χ2n) is 11.1. The van der Waals surface area contributed by atoms with Gasteiger partial charge in [-0.3, -0.25) is 19.1 Å². The molecule has 0 radical (unpaired) electrons. The number of aromatic nitrogens is 3. The lowest BCUT2D eigenvalue weighted by molar-refractivity contribution is -0.143. The van der Waals surface area contributed by atoms with Crippen LogP contribution in [0, 0.1) is 18.3 Å². The lowest BCUT2D eigenvalue weighted by Crippen LogP contribution is -2.53. The summed E-state index contributed by atoms with van der Waals surface area (Å²) in [5.41, 5.74) is 2.56. The number of nitrogens with zero attached hydrogens (tertiary/aromatic N) is 6. The van der Waals surface area contributed by atoms with Gasteiger partial charge in [0.25, 0.3) is 11.8 Å². The maximum Gasteiger partial charge on any atom is 0.436 e. The molecule has 2 aliphatic heterocycles. The number of pyridine rings is 1. The van der Waals surface area contributed by atoms with Crippen molar-refractivity contribution in [2.45, 2.75) is 56.3 Å². The van der Waals surface area contributed by atoms with E-state index in [9.17, 15) is 31.9 Å². The number of primary amides is 1. The lowest BCUT2D eigenvalue weighted by Gasteiger charge is -2.44. The van der Waals surface area contributed by atoms with E-state index in [2.05, 4.69) is 25.1 Å². The van der Waals surface area contributed by atoms with E-state index in [-0.39, 0.29) is 48.9 Å². The fourth-order valence-electron chi connectivity index (χ4n) is 5.78. The van der Waals surface area contributed by atoms with Gasteiger partial charge in [0.1, 0.15) is 11.1 Å². The third-order valence-electron chi connectivity index (χ3n) is 8.41. The highest BCUT2D eigenvalue weighted by Crippen LogP contribution is 2.36. The molecule has 3 amide bonds. The molecular formula is C27H30F4N8O3. The molecule has 2 aromatic rings. The Bertz CT molecular complexity index is 1420. The maximum atomic E-state index is 14.5. The highest BCUT2D eigenvalue weighted by Gasteiger charge is 2.44. The Hall–Kier alpha value is -4.06. The molecule has 0 spiro atoms. The topological polar surface area (TPSA) is 131 Å². The maximum absolute atomic E-state index is 14.5. The smallest absolute Gasteiger partial charge is 0.365 e. The van der Waals surface area contributed by atoms with Gasteiger partial charge < -0.3 is 25.7 Å². The van der Waals surface area contributed by atoms with E-state index >= 15 is 0 Å². The molecule has 224 valence electrons. The summed E-state index contributed by atoms with van der Waals surface area (Å²) in [4.78, 5) is 47.6. The van der Waals surface area contributed by atoms with E-state index in [0.29, 0.717) is 38.8 Å². The molecule has 2 aromatic heterocycles. The van der Waals surface area contributed by atoms with Gasteiger partial charge in [0.15, 0.2) is 17.3 Å². The van der Waals surface area contributed by atoms with E-state index < -0.39 is 40.6 Å². The van der Waals surface area contributed by atoms with Crippen LogP contribution in [0.15, 0.2) is 18.5 Å². The van der Waals surface area contributed by atoms with Crippen molar-refractivity contribution < 1.29 is 31.9 Å². The number of likely N-dealkylation sites (tertiary alicyclic amines) is 2. The molecule has 3 aliphatic rings. The Balaban J connectivity index is 1.23.